The molecule has 0 aliphatic rings. The number of benzene rings is 2. The van der Waals surface area contributed by atoms with Crippen molar-refractivity contribution in [1.82, 2.24) is 0 Å². The van der Waals surface area contributed by atoms with Crippen molar-refractivity contribution in [2.75, 3.05) is 0 Å². The monoisotopic (exact) mass is 325 g/mol. The van der Waals surface area contributed by atoms with E-state index in [2.05, 4.69) is 15.9 Å². The van der Waals surface area contributed by atoms with E-state index in [1.807, 2.05) is 30.3 Å². The lowest BCUT2D eigenvalue weighted by atomic mass is 9.97. The summed E-state index contributed by atoms with van der Waals surface area (Å²) in [5, 5.41) is 10.9. The van der Waals surface area contributed by atoms with Crippen molar-refractivity contribution in [2.24, 2.45) is 5.73 Å². The SMILES string of the molecule is NC(c1ccccc1)C(O)c1ccc(Cl)cc1Br. The fraction of sp³-hybridized carbons (Fsp3) is 0.143. The molecule has 94 valence electrons. The quantitative estimate of drug-likeness (QED) is 0.900. The molecule has 2 aromatic rings. The first-order chi connectivity index (χ1) is 8.59. The van der Waals surface area contributed by atoms with Gasteiger partial charge in [0.2, 0.25) is 0 Å². The van der Waals surface area contributed by atoms with Gasteiger partial charge >= 0.3 is 0 Å². The molecule has 0 saturated heterocycles. The highest BCUT2D eigenvalue weighted by molar-refractivity contribution is 9.10. The second kappa shape index (κ2) is 5.85. The number of nitrogens with two attached hydrogens (primary N) is 1. The fourth-order valence-corrected chi connectivity index (χ4v) is 2.71. The lowest BCUT2D eigenvalue weighted by Gasteiger charge is -2.20. The van der Waals surface area contributed by atoms with Gasteiger partial charge in [-0.2, -0.15) is 0 Å². The molecule has 2 rings (SSSR count). The summed E-state index contributed by atoms with van der Waals surface area (Å²) in [6, 6.07) is 14.3. The van der Waals surface area contributed by atoms with Crippen LogP contribution in [0.1, 0.15) is 23.3 Å². The minimum absolute atomic E-state index is 0.469. The lowest BCUT2D eigenvalue weighted by molar-refractivity contribution is 0.146. The van der Waals surface area contributed by atoms with Crippen LogP contribution in [0.4, 0.5) is 0 Å². The number of halogens is 2. The summed E-state index contributed by atoms with van der Waals surface area (Å²) in [6.45, 7) is 0. The van der Waals surface area contributed by atoms with Crippen LogP contribution in [0.5, 0.6) is 0 Å². The molecule has 2 unspecified atom stereocenters. The van der Waals surface area contributed by atoms with Crippen molar-refractivity contribution in [3.05, 3.63) is 69.2 Å². The van der Waals surface area contributed by atoms with E-state index in [-0.39, 0.29) is 0 Å². The molecule has 0 spiro atoms. The van der Waals surface area contributed by atoms with Gasteiger partial charge in [-0.1, -0.05) is 63.9 Å². The third-order valence-electron chi connectivity index (χ3n) is 2.81. The average molecular weight is 327 g/mol. The number of hydrogen-bond donors (Lipinski definition) is 2. The summed E-state index contributed by atoms with van der Waals surface area (Å²) in [4.78, 5) is 0. The number of aliphatic hydroxyl groups is 1. The van der Waals surface area contributed by atoms with E-state index in [0.717, 1.165) is 15.6 Å². The molecule has 0 aromatic heterocycles. The van der Waals surface area contributed by atoms with Crippen LogP contribution in [0.3, 0.4) is 0 Å². The van der Waals surface area contributed by atoms with Gasteiger partial charge in [0, 0.05) is 9.50 Å². The first kappa shape index (κ1) is 13.6. The predicted molar refractivity (Wildman–Crippen MR) is 77.5 cm³/mol. The number of aliphatic hydroxyl groups excluding tert-OH is 1. The zero-order valence-electron chi connectivity index (χ0n) is 9.55. The van der Waals surface area contributed by atoms with Crippen LogP contribution in [0, 0.1) is 0 Å². The van der Waals surface area contributed by atoms with Crippen molar-refractivity contribution in [3.8, 4) is 0 Å². The predicted octanol–water partition coefficient (Wildman–Crippen LogP) is 3.84. The van der Waals surface area contributed by atoms with Crippen molar-refractivity contribution < 1.29 is 5.11 Å². The summed E-state index contributed by atoms with van der Waals surface area (Å²) in [5.74, 6) is 0. The Morgan fingerprint density at radius 1 is 1.11 bits per heavy atom. The Morgan fingerprint density at radius 2 is 1.78 bits per heavy atom. The first-order valence-corrected chi connectivity index (χ1v) is 6.70. The molecule has 3 N–H and O–H groups in total. The zero-order chi connectivity index (χ0) is 13.1. The molecule has 0 amide bonds. The number of hydrogen-bond acceptors (Lipinski definition) is 2. The molecule has 0 radical (unpaired) electrons. The van der Waals surface area contributed by atoms with E-state index in [4.69, 9.17) is 17.3 Å². The second-order valence-electron chi connectivity index (χ2n) is 4.05. The number of rotatable bonds is 3. The summed E-state index contributed by atoms with van der Waals surface area (Å²) >= 11 is 9.26. The molecular formula is C14H13BrClNO. The highest BCUT2D eigenvalue weighted by Gasteiger charge is 2.20. The first-order valence-electron chi connectivity index (χ1n) is 5.53. The van der Waals surface area contributed by atoms with Gasteiger partial charge in [-0.15, -0.1) is 0 Å². The van der Waals surface area contributed by atoms with E-state index < -0.39 is 12.1 Å². The van der Waals surface area contributed by atoms with Gasteiger partial charge < -0.3 is 10.8 Å². The molecular weight excluding hydrogens is 314 g/mol. The van der Waals surface area contributed by atoms with Gasteiger partial charge in [0.25, 0.3) is 0 Å². The minimum Gasteiger partial charge on any atom is -0.386 e. The van der Waals surface area contributed by atoms with E-state index in [0.29, 0.717) is 5.02 Å². The van der Waals surface area contributed by atoms with Crippen LogP contribution < -0.4 is 5.73 Å². The average Bonchev–Trinajstić information content (AvgIpc) is 2.38. The molecule has 4 heteroatoms. The van der Waals surface area contributed by atoms with Gasteiger partial charge in [0.15, 0.2) is 0 Å². The van der Waals surface area contributed by atoms with Crippen LogP contribution in [0.25, 0.3) is 0 Å². The van der Waals surface area contributed by atoms with Crippen LogP contribution in [0.15, 0.2) is 53.0 Å². The minimum atomic E-state index is -0.779. The molecule has 18 heavy (non-hydrogen) atoms. The Balaban J connectivity index is 2.28. The third kappa shape index (κ3) is 2.93. The maximum Gasteiger partial charge on any atom is 0.0993 e. The van der Waals surface area contributed by atoms with Gasteiger partial charge in [-0.25, -0.2) is 0 Å². The summed E-state index contributed by atoms with van der Waals surface area (Å²) in [7, 11) is 0. The summed E-state index contributed by atoms with van der Waals surface area (Å²) in [5.41, 5.74) is 7.70. The van der Waals surface area contributed by atoms with Crippen molar-refractivity contribution in [3.63, 3.8) is 0 Å². The van der Waals surface area contributed by atoms with Crippen LogP contribution in [-0.2, 0) is 0 Å². The van der Waals surface area contributed by atoms with Gasteiger partial charge in [0.05, 0.1) is 12.1 Å². The molecule has 0 fully saturated rings. The topological polar surface area (TPSA) is 46.2 Å². The maximum atomic E-state index is 10.3. The van der Waals surface area contributed by atoms with Gasteiger partial charge in [-0.05, 0) is 23.3 Å². The molecule has 0 aliphatic heterocycles. The molecule has 0 aliphatic carbocycles. The second-order valence-corrected chi connectivity index (χ2v) is 5.34. The molecule has 0 heterocycles. The Morgan fingerprint density at radius 3 is 2.39 bits per heavy atom. The van der Waals surface area contributed by atoms with E-state index >= 15 is 0 Å². The van der Waals surface area contributed by atoms with Crippen molar-refractivity contribution >= 4 is 27.5 Å². The van der Waals surface area contributed by atoms with Gasteiger partial charge in [-0.3, -0.25) is 0 Å². The zero-order valence-corrected chi connectivity index (χ0v) is 11.9. The largest absolute Gasteiger partial charge is 0.386 e. The summed E-state index contributed by atoms with van der Waals surface area (Å²) < 4.78 is 0.758. The van der Waals surface area contributed by atoms with Crippen LogP contribution >= 0.6 is 27.5 Å². The van der Waals surface area contributed by atoms with E-state index in [1.54, 1.807) is 18.2 Å². The summed E-state index contributed by atoms with van der Waals surface area (Å²) in [6.07, 6.45) is -0.779. The van der Waals surface area contributed by atoms with E-state index in [9.17, 15) is 5.11 Å². The van der Waals surface area contributed by atoms with Crippen molar-refractivity contribution in [1.29, 1.82) is 0 Å². The maximum absolute atomic E-state index is 10.3. The highest BCUT2D eigenvalue weighted by atomic mass is 79.9. The molecule has 2 aromatic carbocycles. The van der Waals surface area contributed by atoms with Gasteiger partial charge in [0.1, 0.15) is 0 Å². The fourth-order valence-electron chi connectivity index (χ4n) is 1.79. The Bertz CT molecular complexity index is 533. The Labute approximate surface area is 120 Å². The normalized spacial score (nSPS) is 14.2. The highest BCUT2D eigenvalue weighted by Crippen LogP contribution is 2.32. The molecule has 0 saturated carbocycles. The van der Waals surface area contributed by atoms with Crippen LogP contribution in [0.2, 0.25) is 5.02 Å². The lowest BCUT2D eigenvalue weighted by Crippen LogP contribution is -2.19. The van der Waals surface area contributed by atoms with Crippen LogP contribution in [-0.4, -0.2) is 5.11 Å². The Kier molecular flexibility index (Phi) is 4.40. The smallest absolute Gasteiger partial charge is 0.0993 e. The Hall–Kier alpha value is -0.870. The molecule has 2 atom stereocenters. The van der Waals surface area contributed by atoms with Crippen molar-refractivity contribution in [2.45, 2.75) is 12.1 Å². The molecule has 2 nitrogen and oxygen atoms in total. The standard InChI is InChI=1S/C14H13BrClNO/c15-12-8-10(16)6-7-11(12)14(18)13(17)9-4-2-1-3-5-9/h1-8,13-14,18H,17H2. The molecule has 0 bridgehead atoms. The van der Waals surface area contributed by atoms with E-state index in [1.165, 1.54) is 0 Å². The third-order valence-corrected chi connectivity index (χ3v) is 3.73.